The highest BCUT2D eigenvalue weighted by Crippen LogP contribution is 2.28. The van der Waals surface area contributed by atoms with Crippen LogP contribution in [0.15, 0.2) is 18.2 Å². The molecule has 96 valence electrons. The fourth-order valence-corrected chi connectivity index (χ4v) is 2.75. The van der Waals surface area contributed by atoms with E-state index >= 15 is 0 Å². The minimum Gasteiger partial charge on any atom is -0.319 e. The van der Waals surface area contributed by atoms with Crippen molar-refractivity contribution in [3.63, 3.8) is 0 Å². The van der Waals surface area contributed by atoms with Crippen molar-refractivity contribution in [3.8, 4) is 0 Å². The van der Waals surface area contributed by atoms with Crippen LogP contribution in [0.3, 0.4) is 0 Å². The van der Waals surface area contributed by atoms with E-state index in [1.807, 2.05) is 7.05 Å². The molecule has 1 N–H and O–H groups in total. The van der Waals surface area contributed by atoms with Gasteiger partial charge >= 0.3 is 0 Å². The monoisotopic (exact) mass is 233 g/mol. The first kappa shape index (κ1) is 14.2. The molecule has 0 saturated heterocycles. The minimum absolute atomic E-state index is 0.638. The molecular formula is C16H27N. The summed E-state index contributed by atoms with van der Waals surface area (Å²) >= 11 is 0. The zero-order valence-electron chi connectivity index (χ0n) is 12.0. The fourth-order valence-electron chi connectivity index (χ4n) is 2.75. The van der Waals surface area contributed by atoms with Crippen molar-refractivity contribution in [2.45, 2.75) is 46.5 Å². The zero-order valence-corrected chi connectivity index (χ0v) is 12.0. The molecule has 17 heavy (non-hydrogen) atoms. The molecular weight excluding hydrogens is 206 g/mol. The van der Waals surface area contributed by atoms with Gasteiger partial charge < -0.3 is 5.32 Å². The largest absolute Gasteiger partial charge is 0.319 e. The molecule has 0 heterocycles. The number of benzene rings is 1. The molecule has 1 nitrogen and oxygen atoms in total. The number of aryl methyl sites for hydroxylation is 2. The summed E-state index contributed by atoms with van der Waals surface area (Å²) in [6.45, 7) is 10.1. The summed E-state index contributed by atoms with van der Waals surface area (Å²) in [6, 6.07) is 6.95. The number of likely N-dealkylation sites (N-methyl/N-ethyl adjacent to an activating group) is 1. The Bertz CT molecular complexity index is 323. The van der Waals surface area contributed by atoms with Crippen LogP contribution in [0.1, 0.15) is 49.3 Å². The number of rotatable bonds is 6. The van der Waals surface area contributed by atoms with E-state index in [0.29, 0.717) is 5.92 Å². The third-order valence-corrected chi connectivity index (χ3v) is 3.53. The van der Waals surface area contributed by atoms with Gasteiger partial charge in [0.2, 0.25) is 0 Å². The topological polar surface area (TPSA) is 12.0 Å². The van der Waals surface area contributed by atoms with Crippen LogP contribution in [0, 0.1) is 19.8 Å². The summed E-state index contributed by atoms with van der Waals surface area (Å²) in [7, 11) is 2.05. The van der Waals surface area contributed by atoms with Crippen molar-refractivity contribution in [3.05, 3.63) is 34.9 Å². The lowest BCUT2D eigenvalue weighted by Crippen LogP contribution is -2.23. The molecule has 0 aliphatic heterocycles. The van der Waals surface area contributed by atoms with Crippen molar-refractivity contribution in [2.75, 3.05) is 13.6 Å². The zero-order chi connectivity index (χ0) is 12.8. The first-order valence-electron chi connectivity index (χ1n) is 6.81. The van der Waals surface area contributed by atoms with Gasteiger partial charge in [0, 0.05) is 6.54 Å². The number of hydrogen-bond donors (Lipinski definition) is 1. The van der Waals surface area contributed by atoms with Crippen LogP contribution >= 0.6 is 0 Å². The summed E-state index contributed by atoms with van der Waals surface area (Å²) in [6.07, 6.45) is 2.57. The smallest absolute Gasteiger partial charge is 0.00197 e. The van der Waals surface area contributed by atoms with Crippen molar-refractivity contribution in [1.29, 1.82) is 0 Å². The number of hydrogen-bond acceptors (Lipinski definition) is 1. The molecule has 0 saturated carbocycles. The first-order valence-corrected chi connectivity index (χ1v) is 6.81. The second-order valence-corrected chi connectivity index (χ2v) is 5.35. The van der Waals surface area contributed by atoms with Gasteiger partial charge in [-0.15, -0.1) is 0 Å². The first-order chi connectivity index (χ1) is 8.08. The van der Waals surface area contributed by atoms with Gasteiger partial charge in [-0.3, -0.25) is 0 Å². The SMILES string of the molecule is CCCC(C)C(CNC)c1cc(C)cc(C)c1. The van der Waals surface area contributed by atoms with Crippen molar-refractivity contribution >= 4 is 0 Å². The van der Waals surface area contributed by atoms with Crippen LogP contribution in [-0.4, -0.2) is 13.6 Å². The maximum Gasteiger partial charge on any atom is 0.00197 e. The van der Waals surface area contributed by atoms with Gasteiger partial charge in [-0.1, -0.05) is 56.0 Å². The predicted molar refractivity (Wildman–Crippen MR) is 76.7 cm³/mol. The van der Waals surface area contributed by atoms with Crippen molar-refractivity contribution in [2.24, 2.45) is 5.92 Å². The van der Waals surface area contributed by atoms with E-state index in [1.54, 1.807) is 0 Å². The molecule has 0 radical (unpaired) electrons. The molecule has 0 bridgehead atoms. The van der Waals surface area contributed by atoms with E-state index in [2.05, 4.69) is 51.2 Å². The lowest BCUT2D eigenvalue weighted by atomic mass is 9.83. The second-order valence-electron chi connectivity index (χ2n) is 5.35. The van der Waals surface area contributed by atoms with Crippen LogP contribution in [0.4, 0.5) is 0 Å². The standard InChI is InChI=1S/C16H27N/c1-6-7-14(4)16(11-17-5)15-9-12(2)8-13(3)10-15/h8-10,14,16-17H,6-7,11H2,1-5H3. The predicted octanol–water partition coefficient (Wildman–Crippen LogP) is 4.04. The molecule has 1 aromatic carbocycles. The summed E-state index contributed by atoms with van der Waals surface area (Å²) in [4.78, 5) is 0. The Morgan fingerprint density at radius 1 is 1.12 bits per heavy atom. The number of nitrogens with one attached hydrogen (secondary N) is 1. The summed E-state index contributed by atoms with van der Waals surface area (Å²) in [5.41, 5.74) is 4.26. The Kier molecular flexibility index (Phi) is 5.70. The molecule has 0 spiro atoms. The highest BCUT2D eigenvalue weighted by atomic mass is 14.8. The van der Waals surface area contributed by atoms with Gasteiger partial charge in [-0.25, -0.2) is 0 Å². The Balaban J connectivity index is 2.95. The van der Waals surface area contributed by atoms with Crippen LogP contribution < -0.4 is 5.32 Å². The third-order valence-electron chi connectivity index (χ3n) is 3.53. The lowest BCUT2D eigenvalue weighted by molar-refractivity contribution is 0.412. The Morgan fingerprint density at radius 3 is 2.18 bits per heavy atom. The molecule has 1 heteroatoms. The molecule has 1 aromatic rings. The van der Waals surface area contributed by atoms with Gasteiger partial charge in [0.1, 0.15) is 0 Å². The van der Waals surface area contributed by atoms with Crippen LogP contribution in [-0.2, 0) is 0 Å². The maximum atomic E-state index is 3.34. The van der Waals surface area contributed by atoms with E-state index < -0.39 is 0 Å². The highest BCUT2D eigenvalue weighted by Gasteiger charge is 2.18. The minimum atomic E-state index is 0.638. The van der Waals surface area contributed by atoms with Crippen molar-refractivity contribution < 1.29 is 0 Å². The molecule has 0 aromatic heterocycles. The Morgan fingerprint density at radius 2 is 1.71 bits per heavy atom. The van der Waals surface area contributed by atoms with Gasteiger partial charge in [0.25, 0.3) is 0 Å². The van der Waals surface area contributed by atoms with Gasteiger partial charge in [0.15, 0.2) is 0 Å². The maximum absolute atomic E-state index is 3.34. The summed E-state index contributed by atoms with van der Waals surface area (Å²) < 4.78 is 0. The Labute approximate surface area is 107 Å². The molecule has 1 rings (SSSR count). The molecule has 0 amide bonds. The second kappa shape index (κ2) is 6.80. The normalized spacial score (nSPS) is 14.6. The van der Waals surface area contributed by atoms with Crippen LogP contribution in [0.25, 0.3) is 0 Å². The van der Waals surface area contributed by atoms with Crippen molar-refractivity contribution in [1.82, 2.24) is 5.32 Å². The van der Waals surface area contributed by atoms with Gasteiger partial charge in [-0.2, -0.15) is 0 Å². The quantitative estimate of drug-likeness (QED) is 0.782. The van der Waals surface area contributed by atoms with E-state index in [4.69, 9.17) is 0 Å². The van der Waals surface area contributed by atoms with Crippen LogP contribution in [0.5, 0.6) is 0 Å². The summed E-state index contributed by atoms with van der Waals surface area (Å²) in [5.74, 6) is 1.38. The highest BCUT2D eigenvalue weighted by molar-refractivity contribution is 5.31. The van der Waals surface area contributed by atoms with E-state index in [-0.39, 0.29) is 0 Å². The fraction of sp³-hybridized carbons (Fsp3) is 0.625. The molecule has 2 unspecified atom stereocenters. The third kappa shape index (κ3) is 4.16. The molecule has 0 aliphatic rings. The molecule has 2 atom stereocenters. The summed E-state index contributed by atoms with van der Waals surface area (Å²) in [5, 5.41) is 3.34. The van der Waals surface area contributed by atoms with Gasteiger partial charge in [0.05, 0.1) is 0 Å². The Hall–Kier alpha value is -0.820. The van der Waals surface area contributed by atoms with E-state index in [0.717, 1.165) is 12.5 Å². The van der Waals surface area contributed by atoms with Gasteiger partial charge in [-0.05, 0) is 38.3 Å². The molecule has 0 aliphatic carbocycles. The van der Waals surface area contributed by atoms with E-state index in [9.17, 15) is 0 Å². The van der Waals surface area contributed by atoms with Crippen LogP contribution in [0.2, 0.25) is 0 Å². The lowest BCUT2D eigenvalue weighted by Gasteiger charge is -2.25. The molecule has 0 fully saturated rings. The average Bonchev–Trinajstić information content (AvgIpc) is 2.24. The van der Waals surface area contributed by atoms with E-state index in [1.165, 1.54) is 29.5 Å². The average molecular weight is 233 g/mol.